The molecule has 3 aliphatic heterocycles. The molecule has 1 unspecified atom stereocenters. The van der Waals surface area contributed by atoms with Gasteiger partial charge >= 0.3 is 0 Å². The van der Waals surface area contributed by atoms with Gasteiger partial charge in [0.15, 0.2) is 0 Å². The molecule has 0 radical (unpaired) electrons. The van der Waals surface area contributed by atoms with E-state index in [1.54, 1.807) is 25.4 Å². The lowest BCUT2D eigenvalue weighted by molar-refractivity contribution is -0.384. The number of nitro benzene ring substituents is 1. The van der Waals surface area contributed by atoms with Crippen molar-refractivity contribution in [1.29, 1.82) is 0 Å². The van der Waals surface area contributed by atoms with E-state index in [1.165, 1.54) is 29.0 Å². The molecule has 414 valence electrons. The van der Waals surface area contributed by atoms with E-state index in [0.717, 1.165) is 94.0 Å². The minimum Gasteiger partial charge on any atom is -0.496 e. The molecule has 0 bridgehead atoms. The minimum absolute atomic E-state index is 0.0798. The molecule has 3 N–H and O–H groups in total. The summed E-state index contributed by atoms with van der Waals surface area (Å²) in [6, 6.07) is 24.9. The number of benzene rings is 4. The lowest BCUT2D eigenvalue weighted by Gasteiger charge is -2.58. The quantitative estimate of drug-likeness (QED) is 0.0545. The molecule has 6 aromatic rings. The molecular weight excluding hydrogens is 1020 g/mol. The molecule has 20 heteroatoms. The van der Waals surface area contributed by atoms with E-state index in [1.807, 2.05) is 9.62 Å². The van der Waals surface area contributed by atoms with Crippen LogP contribution in [0, 0.1) is 21.3 Å². The number of alkyl halides is 1. The van der Waals surface area contributed by atoms with Crippen molar-refractivity contribution in [1.82, 2.24) is 29.4 Å². The predicted octanol–water partition coefficient (Wildman–Crippen LogP) is 9.95. The van der Waals surface area contributed by atoms with Gasteiger partial charge in [-0.1, -0.05) is 50.2 Å². The zero-order valence-electron chi connectivity index (χ0n) is 44.9. The van der Waals surface area contributed by atoms with Crippen molar-refractivity contribution < 1.29 is 41.1 Å². The lowest BCUT2D eigenvalue weighted by Crippen LogP contribution is -2.60. The van der Waals surface area contributed by atoms with Gasteiger partial charge in [-0.05, 0) is 104 Å². The number of hydrogen-bond acceptors (Lipinski definition) is 14. The number of pyridine rings is 1. The number of sulfonamides is 1. The molecule has 1 saturated carbocycles. The molecule has 3 saturated heterocycles. The van der Waals surface area contributed by atoms with Gasteiger partial charge in [-0.2, -0.15) is 0 Å². The highest BCUT2D eigenvalue weighted by atomic mass is 32.2. The van der Waals surface area contributed by atoms with Crippen LogP contribution in [-0.2, 0) is 27.8 Å². The van der Waals surface area contributed by atoms with Crippen LogP contribution in [0.25, 0.3) is 11.0 Å². The Kier molecular flexibility index (Phi) is 15.8. The predicted molar refractivity (Wildman–Crippen MR) is 295 cm³/mol. The Morgan fingerprint density at radius 1 is 0.974 bits per heavy atom. The molecule has 1 aliphatic carbocycles. The second kappa shape index (κ2) is 22.6. The summed E-state index contributed by atoms with van der Waals surface area (Å²) in [6.07, 6.45) is 7.06. The van der Waals surface area contributed by atoms with Crippen LogP contribution in [0.4, 0.5) is 25.8 Å². The molecule has 10 rings (SSSR count). The highest BCUT2D eigenvalue weighted by Gasteiger charge is 2.50. The Labute approximate surface area is 454 Å². The van der Waals surface area contributed by atoms with Gasteiger partial charge in [-0.15, -0.1) is 0 Å². The maximum absolute atomic E-state index is 16.6. The zero-order valence-corrected chi connectivity index (χ0v) is 45.7. The second-order valence-electron chi connectivity index (χ2n) is 22.2. The standard InChI is InChI=1S/C58H69F2N9O8S/c1-38(2)45-8-6-7-9-46(45)52-36-66(34-39-10-11-41(35-65(3)4)53(26-39)75-5)22-23-68(52)42-31-57(32-42)15-20-67(21-16-57)50-30-54(77-43-27-40-14-19-61-55(40)62-33-43)47(29-48(50)59)56(70)64-78(73,74)44-12-13-49(51(28-44)69(71)72)63-37-58(60)17-24-76-25-18-58/h6-14,19,26-30,33,38,42,52,63H,15-18,20-25,31-32,34-37H2,1-5H3,(H,61,62)(H,64,70). The average Bonchev–Trinajstić information content (AvgIpc) is 3.97. The van der Waals surface area contributed by atoms with Gasteiger partial charge in [0.25, 0.3) is 21.6 Å². The Hall–Kier alpha value is -6.71. The van der Waals surface area contributed by atoms with Gasteiger partial charge in [-0.25, -0.2) is 26.9 Å². The number of anilines is 2. The van der Waals surface area contributed by atoms with Gasteiger partial charge in [0, 0.05) is 120 Å². The van der Waals surface area contributed by atoms with E-state index >= 15 is 8.78 Å². The highest BCUT2D eigenvalue weighted by molar-refractivity contribution is 7.90. The van der Waals surface area contributed by atoms with Crippen molar-refractivity contribution in [3.05, 3.63) is 141 Å². The number of halogens is 2. The Morgan fingerprint density at radius 3 is 2.47 bits per heavy atom. The van der Waals surface area contributed by atoms with Crippen LogP contribution in [0.15, 0.2) is 102 Å². The van der Waals surface area contributed by atoms with Crippen molar-refractivity contribution in [2.24, 2.45) is 5.41 Å². The molecule has 78 heavy (non-hydrogen) atoms. The molecule has 1 amide bonds. The monoisotopic (exact) mass is 1090 g/mol. The first-order valence-corrected chi connectivity index (χ1v) is 28.3. The van der Waals surface area contributed by atoms with Crippen molar-refractivity contribution >= 4 is 44.0 Å². The van der Waals surface area contributed by atoms with Crippen LogP contribution < -0.4 is 24.4 Å². The SMILES string of the molecule is COc1cc(CN2CCN(C3CC4(CCN(c5cc(Oc6cnc7[nH]ccc7c6)c(C(=O)NS(=O)(=O)c6ccc(NCC7(F)CCOCC7)c([N+](=O)[O-])c6)cc5F)CC4)C3)C(c3ccccc3C(C)C)C2)ccc1CN(C)C. The second-order valence-corrected chi connectivity index (χ2v) is 23.9. The highest BCUT2D eigenvalue weighted by Crippen LogP contribution is 2.54. The van der Waals surface area contributed by atoms with E-state index < -0.39 is 48.5 Å². The van der Waals surface area contributed by atoms with Crippen molar-refractivity contribution in [3.63, 3.8) is 0 Å². The number of H-pyrrole nitrogens is 1. The number of aromatic amines is 1. The zero-order chi connectivity index (χ0) is 54.9. The molecule has 5 heterocycles. The van der Waals surface area contributed by atoms with Gasteiger partial charge in [0.1, 0.15) is 40.1 Å². The van der Waals surface area contributed by atoms with Gasteiger partial charge < -0.3 is 34.3 Å². The van der Waals surface area contributed by atoms with Crippen LogP contribution in [-0.4, -0.2) is 129 Å². The number of methoxy groups -OCH3 is 1. The van der Waals surface area contributed by atoms with E-state index in [4.69, 9.17) is 14.2 Å². The summed E-state index contributed by atoms with van der Waals surface area (Å²) in [5, 5.41) is 15.6. The summed E-state index contributed by atoms with van der Waals surface area (Å²) in [5.74, 6) is -0.602. The van der Waals surface area contributed by atoms with Crippen molar-refractivity contribution in [2.45, 2.75) is 94.0 Å². The summed E-state index contributed by atoms with van der Waals surface area (Å²) in [5.41, 5.74) is 3.18. The number of piperazine rings is 1. The van der Waals surface area contributed by atoms with Crippen LogP contribution in [0.5, 0.6) is 17.2 Å². The summed E-state index contributed by atoms with van der Waals surface area (Å²) < 4.78 is 78.9. The maximum atomic E-state index is 16.6. The average molecular weight is 1090 g/mol. The van der Waals surface area contributed by atoms with Crippen molar-refractivity contribution in [3.8, 4) is 17.2 Å². The fraction of sp³-hybridized carbons (Fsp3) is 0.448. The number of piperidine rings is 1. The van der Waals surface area contributed by atoms with E-state index in [0.29, 0.717) is 36.1 Å². The number of ether oxygens (including phenoxy) is 3. The fourth-order valence-corrected chi connectivity index (χ4v) is 13.0. The molecule has 1 spiro atoms. The summed E-state index contributed by atoms with van der Waals surface area (Å²) in [7, 11) is 1.07. The summed E-state index contributed by atoms with van der Waals surface area (Å²) in [6.45, 7) is 10.2. The van der Waals surface area contributed by atoms with Crippen LogP contribution in [0.3, 0.4) is 0 Å². The molecule has 4 fully saturated rings. The number of aromatic nitrogens is 2. The lowest BCUT2D eigenvalue weighted by atomic mass is 9.59. The number of nitrogens with zero attached hydrogens (tertiary/aromatic N) is 6. The van der Waals surface area contributed by atoms with Gasteiger partial charge in [-0.3, -0.25) is 24.7 Å². The first kappa shape index (κ1) is 54.6. The maximum Gasteiger partial charge on any atom is 0.293 e. The topological polar surface area (TPSA) is 188 Å². The smallest absolute Gasteiger partial charge is 0.293 e. The van der Waals surface area contributed by atoms with Crippen LogP contribution >= 0.6 is 0 Å². The number of carbonyl (C=O) groups is 1. The molecular formula is C58H69F2N9O8S. The first-order valence-electron chi connectivity index (χ1n) is 26.8. The summed E-state index contributed by atoms with van der Waals surface area (Å²) >= 11 is 0. The van der Waals surface area contributed by atoms with Gasteiger partial charge in [0.05, 0.1) is 34.4 Å². The number of nitrogens with one attached hydrogen (secondary N) is 3. The number of amides is 1. The Balaban J connectivity index is 0.847. The Bertz CT molecular complexity index is 3280. The molecule has 4 aromatic carbocycles. The number of fused-ring (bicyclic) bond motifs is 1. The van der Waals surface area contributed by atoms with E-state index in [9.17, 15) is 23.3 Å². The van der Waals surface area contributed by atoms with E-state index in [2.05, 4.69) is 100 Å². The number of nitro groups is 1. The van der Waals surface area contributed by atoms with Crippen LogP contribution in [0.2, 0.25) is 0 Å². The molecule has 4 aliphatic rings. The largest absolute Gasteiger partial charge is 0.496 e. The third-order valence-electron chi connectivity index (χ3n) is 16.3. The third kappa shape index (κ3) is 11.8. The van der Waals surface area contributed by atoms with E-state index in [-0.39, 0.29) is 66.9 Å². The molecule has 1 atom stereocenters. The Morgan fingerprint density at radius 2 is 1.74 bits per heavy atom. The van der Waals surface area contributed by atoms with Crippen LogP contribution in [0.1, 0.15) is 96.9 Å². The third-order valence-corrected chi connectivity index (χ3v) is 17.6. The normalized spacial score (nSPS) is 19.0. The minimum atomic E-state index is -4.79. The first-order chi connectivity index (χ1) is 37.4. The van der Waals surface area contributed by atoms with Crippen molar-refractivity contribution in [2.75, 3.05) is 83.9 Å². The number of rotatable bonds is 18. The fourth-order valence-electron chi connectivity index (χ4n) is 12.0. The molecule has 17 nitrogen and oxygen atoms in total. The summed E-state index contributed by atoms with van der Waals surface area (Å²) in [4.78, 5) is 41.7. The van der Waals surface area contributed by atoms with Gasteiger partial charge in [0.2, 0.25) is 0 Å². The molecule has 2 aromatic heterocycles. The number of carbonyl (C=O) groups excluding carboxylic acids is 1. The number of hydrogen-bond donors (Lipinski definition) is 3.